The van der Waals surface area contributed by atoms with Gasteiger partial charge in [-0.1, -0.05) is 6.92 Å². The van der Waals surface area contributed by atoms with Crippen molar-refractivity contribution in [3.63, 3.8) is 0 Å². The molecule has 112 valence electrons. The average Bonchev–Trinajstić information content (AvgIpc) is 3.04. The second kappa shape index (κ2) is 6.99. The molecule has 0 aromatic carbocycles. The highest BCUT2D eigenvalue weighted by atomic mass is 32.2. The van der Waals surface area contributed by atoms with Gasteiger partial charge in [-0.25, -0.2) is 9.78 Å². The molecule has 0 unspecified atom stereocenters. The van der Waals surface area contributed by atoms with Crippen LogP contribution in [0.25, 0.3) is 0 Å². The lowest BCUT2D eigenvalue weighted by Crippen LogP contribution is -2.45. The van der Waals surface area contributed by atoms with E-state index in [9.17, 15) is 4.79 Å². The van der Waals surface area contributed by atoms with Gasteiger partial charge in [-0.05, 0) is 12.7 Å². The number of nitrogens with zero attached hydrogens (tertiary/aromatic N) is 2. The number of urea groups is 1. The number of thioether (sulfide) groups is 1. The van der Waals surface area contributed by atoms with Crippen molar-refractivity contribution in [2.75, 3.05) is 19.4 Å². The Kier molecular flexibility index (Phi) is 5.31. The second-order valence-corrected chi connectivity index (χ2v) is 6.26. The zero-order valence-corrected chi connectivity index (χ0v) is 12.9. The molecule has 1 aromatic rings. The highest BCUT2D eigenvalue weighted by Crippen LogP contribution is 2.27. The van der Waals surface area contributed by atoms with E-state index in [1.54, 1.807) is 18.0 Å². The lowest BCUT2D eigenvalue weighted by Gasteiger charge is -2.20. The fraction of sp³-hybridized carbons (Fsp3) is 0.692. The van der Waals surface area contributed by atoms with Crippen molar-refractivity contribution < 1.29 is 9.53 Å². The Morgan fingerprint density at radius 1 is 1.70 bits per heavy atom. The fourth-order valence-electron chi connectivity index (χ4n) is 2.18. The molecule has 0 saturated carbocycles. The molecule has 1 aliphatic rings. The third-order valence-electron chi connectivity index (χ3n) is 3.47. The van der Waals surface area contributed by atoms with Gasteiger partial charge in [0.15, 0.2) is 0 Å². The molecule has 1 aliphatic heterocycles. The Morgan fingerprint density at radius 3 is 3.15 bits per heavy atom. The number of ether oxygens (including phenoxy) is 1. The third-order valence-corrected chi connectivity index (χ3v) is 4.44. The second-order valence-electron chi connectivity index (χ2n) is 4.98. The molecule has 1 aromatic heterocycles. The third kappa shape index (κ3) is 3.67. The molecule has 3 atom stereocenters. The van der Waals surface area contributed by atoms with Gasteiger partial charge in [-0.15, -0.1) is 0 Å². The van der Waals surface area contributed by atoms with E-state index in [1.807, 2.05) is 24.1 Å². The molecule has 0 aliphatic carbocycles. The van der Waals surface area contributed by atoms with E-state index in [1.165, 1.54) is 0 Å². The molecule has 2 heterocycles. The van der Waals surface area contributed by atoms with Crippen LogP contribution < -0.4 is 10.6 Å². The molecule has 2 N–H and O–H groups in total. The van der Waals surface area contributed by atoms with Gasteiger partial charge in [0, 0.05) is 37.8 Å². The molecule has 1 saturated heterocycles. The summed E-state index contributed by atoms with van der Waals surface area (Å²) in [5, 5.41) is 6.28. The number of aromatic nitrogens is 2. The first-order valence-corrected chi connectivity index (χ1v) is 8.06. The standard InChI is InChI=1S/C13H22N4O2S/c1-9(20-3)8-15-13(18)16-10-4-7-19-11(10)12-14-5-6-17(12)2/h5-6,9-11H,4,7-8H2,1-3H3,(H2,15,16,18)/t9-,10+,11+/m1/s1. The molecule has 6 nitrogen and oxygen atoms in total. The van der Waals surface area contributed by atoms with E-state index in [0.29, 0.717) is 18.4 Å². The Bertz CT molecular complexity index is 451. The number of hydrogen-bond donors (Lipinski definition) is 2. The molecular weight excluding hydrogens is 276 g/mol. The number of nitrogens with one attached hydrogen (secondary N) is 2. The Labute approximate surface area is 123 Å². The molecule has 7 heteroatoms. The molecule has 1 fully saturated rings. The van der Waals surface area contributed by atoms with Crippen LogP contribution in [-0.4, -0.2) is 46.3 Å². The van der Waals surface area contributed by atoms with E-state index < -0.39 is 0 Å². The Hall–Kier alpha value is -1.21. The summed E-state index contributed by atoms with van der Waals surface area (Å²) < 4.78 is 7.64. The zero-order valence-electron chi connectivity index (χ0n) is 12.1. The minimum atomic E-state index is -0.168. The number of carbonyl (C=O) groups is 1. The molecule has 0 bridgehead atoms. The zero-order chi connectivity index (χ0) is 14.5. The van der Waals surface area contributed by atoms with Crippen molar-refractivity contribution in [1.82, 2.24) is 20.2 Å². The van der Waals surface area contributed by atoms with Gasteiger partial charge in [0.25, 0.3) is 0 Å². The predicted octanol–water partition coefficient (Wildman–Crippen LogP) is 1.30. The topological polar surface area (TPSA) is 68.2 Å². The van der Waals surface area contributed by atoms with Crippen LogP contribution in [0.15, 0.2) is 12.4 Å². The lowest BCUT2D eigenvalue weighted by molar-refractivity contribution is 0.0908. The minimum Gasteiger partial charge on any atom is -0.368 e. The monoisotopic (exact) mass is 298 g/mol. The Morgan fingerprint density at radius 2 is 2.50 bits per heavy atom. The summed E-state index contributed by atoms with van der Waals surface area (Å²) in [6.07, 6.45) is 6.30. The molecular formula is C13H22N4O2S. The molecule has 0 radical (unpaired) electrons. The van der Waals surface area contributed by atoms with Crippen molar-refractivity contribution in [1.29, 1.82) is 0 Å². The van der Waals surface area contributed by atoms with Crippen LogP contribution >= 0.6 is 11.8 Å². The van der Waals surface area contributed by atoms with Crippen LogP contribution in [0.3, 0.4) is 0 Å². The van der Waals surface area contributed by atoms with Gasteiger partial charge >= 0.3 is 6.03 Å². The summed E-state index contributed by atoms with van der Waals surface area (Å²) in [6, 6.07) is -0.165. The van der Waals surface area contributed by atoms with Gasteiger partial charge in [0.2, 0.25) is 0 Å². The summed E-state index contributed by atoms with van der Waals surface area (Å²) >= 11 is 1.73. The van der Waals surface area contributed by atoms with Crippen LogP contribution in [0.5, 0.6) is 0 Å². The van der Waals surface area contributed by atoms with E-state index in [0.717, 1.165) is 12.2 Å². The maximum absolute atomic E-state index is 11.9. The van der Waals surface area contributed by atoms with Crippen LogP contribution in [0.2, 0.25) is 0 Å². The summed E-state index contributed by atoms with van der Waals surface area (Å²) in [5.74, 6) is 0.852. The highest BCUT2D eigenvalue weighted by molar-refractivity contribution is 7.99. The van der Waals surface area contributed by atoms with E-state index in [2.05, 4.69) is 22.5 Å². The van der Waals surface area contributed by atoms with Crippen molar-refractivity contribution in [3.05, 3.63) is 18.2 Å². The quantitative estimate of drug-likeness (QED) is 0.860. The van der Waals surface area contributed by atoms with Crippen molar-refractivity contribution in [3.8, 4) is 0 Å². The van der Waals surface area contributed by atoms with Gasteiger partial charge in [-0.3, -0.25) is 0 Å². The highest BCUT2D eigenvalue weighted by Gasteiger charge is 2.33. The largest absolute Gasteiger partial charge is 0.368 e. The number of amides is 2. The summed E-state index contributed by atoms with van der Waals surface area (Å²) in [5.41, 5.74) is 0. The van der Waals surface area contributed by atoms with Crippen LogP contribution in [0.4, 0.5) is 4.79 Å². The minimum absolute atomic E-state index is 0.0271. The lowest BCUT2D eigenvalue weighted by atomic mass is 10.1. The van der Waals surface area contributed by atoms with Gasteiger partial charge in [-0.2, -0.15) is 11.8 Å². The summed E-state index contributed by atoms with van der Waals surface area (Å²) in [4.78, 5) is 16.2. The van der Waals surface area contributed by atoms with Crippen LogP contribution in [0.1, 0.15) is 25.3 Å². The first-order valence-electron chi connectivity index (χ1n) is 6.77. The predicted molar refractivity (Wildman–Crippen MR) is 79.8 cm³/mol. The van der Waals surface area contributed by atoms with Crippen LogP contribution in [0, 0.1) is 0 Å². The maximum atomic E-state index is 11.9. The average molecular weight is 298 g/mol. The molecule has 0 spiro atoms. The number of rotatable bonds is 5. The van der Waals surface area contributed by atoms with E-state index >= 15 is 0 Å². The summed E-state index contributed by atoms with van der Waals surface area (Å²) in [6.45, 7) is 3.39. The molecule has 2 rings (SSSR count). The normalized spacial score (nSPS) is 23.6. The van der Waals surface area contributed by atoms with E-state index in [4.69, 9.17) is 4.74 Å². The maximum Gasteiger partial charge on any atom is 0.315 e. The smallest absolute Gasteiger partial charge is 0.315 e. The Balaban J connectivity index is 1.88. The number of aryl methyl sites for hydroxylation is 1. The number of carbonyl (C=O) groups excluding carboxylic acids is 1. The van der Waals surface area contributed by atoms with E-state index in [-0.39, 0.29) is 18.2 Å². The first-order chi connectivity index (χ1) is 9.61. The molecule has 20 heavy (non-hydrogen) atoms. The van der Waals surface area contributed by atoms with Crippen molar-refractivity contribution >= 4 is 17.8 Å². The van der Waals surface area contributed by atoms with Crippen LogP contribution in [-0.2, 0) is 11.8 Å². The first kappa shape index (κ1) is 15.2. The SMILES string of the molecule is CS[C@H](C)CNC(=O)N[C@H]1CCO[C@@H]1c1nccn1C. The molecule has 2 amide bonds. The van der Waals surface area contributed by atoms with Gasteiger partial charge < -0.3 is 19.9 Å². The van der Waals surface area contributed by atoms with Gasteiger partial charge in [0.05, 0.1) is 6.04 Å². The number of imidazole rings is 1. The van der Waals surface area contributed by atoms with Gasteiger partial charge in [0.1, 0.15) is 11.9 Å². The summed E-state index contributed by atoms with van der Waals surface area (Å²) in [7, 11) is 1.93. The van der Waals surface area contributed by atoms with Crippen molar-refractivity contribution in [2.45, 2.75) is 30.7 Å². The number of hydrogen-bond acceptors (Lipinski definition) is 4. The van der Waals surface area contributed by atoms with Crippen molar-refractivity contribution in [2.24, 2.45) is 7.05 Å². The fourth-order valence-corrected chi connectivity index (χ4v) is 2.43.